The molecule has 0 spiro atoms. The van der Waals surface area contributed by atoms with Gasteiger partial charge in [0.1, 0.15) is 23.9 Å². The molecular weight excluding hydrogens is 696 g/mol. The second-order valence-corrected chi connectivity index (χ2v) is 14.4. The lowest BCUT2D eigenvalue weighted by molar-refractivity contribution is -0.394. The van der Waals surface area contributed by atoms with E-state index in [0.29, 0.717) is 12.0 Å². The second kappa shape index (κ2) is 18.0. The molecule has 2 aliphatic heterocycles. The number of carbonyl (C=O) groups excluding carboxylic acids is 3. The number of aliphatic hydroxyl groups is 3. The number of epoxide rings is 1. The van der Waals surface area contributed by atoms with Gasteiger partial charge >= 0.3 is 17.9 Å². The van der Waals surface area contributed by atoms with Crippen LogP contribution in [0.1, 0.15) is 90.9 Å². The maximum Gasteiger partial charge on any atom is 0.338 e. The Kier molecular flexibility index (Phi) is 14.6. The van der Waals surface area contributed by atoms with Crippen LogP contribution < -0.4 is 0 Å². The van der Waals surface area contributed by atoms with Crippen molar-refractivity contribution in [2.24, 2.45) is 11.8 Å². The second-order valence-electron chi connectivity index (χ2n) is 14.4. The fourth-order valence-electron chi connectivity index (χ4n) is 6.29. The molecule has 0 bridgehead atoms. The number of nitro benzene ring substituents is 2. The Morgan fingerprint density at radius 3 is 2.34 bits per heavy atom. The highest BCUT2D eigenvalue weighted by Crippen LogP contribution is 2.39. The van der Waals surface area contributed by atoms with Crippen molar-refractivity contribution in [2.45, 2.75) is 128 Å². The Hall–Kier alpha value is -4.51. The van der Waals surface area contributed by atoms with Crippen LogP contribution in [0.3, 0.4) is 0 Å². The predicted octanol–water partition coefficient (Wildman–Crippen LogP) is 4.82. The zero-order valence-electron chi connectivity index (χ0n) is 31.0. The van der Waals surface area contributed by atoms with Gasteiger partial charge in [0.25, 0.3) is 11.4 Å². The van der Waals surface area contributed by atoms with Crippen LogP contribution in [0.2, 0.25) is 0 Å². The lowest BCUT2D eigenvalue weighted by atomic mass is 9.88. The van der Waals surface area contributed by atoms with Gasteiger partial charge in [0.15, 0.2) is 0 Å². The van der Waals surface area contributed by atoms with Gasteiger partial charge in [-0.15, -0.1) is 0 Å². The van der Waals surface area contributed by atoms with Gasteiger partial charge in [-0.25, -0.2) is 4.79 Å². The molecule has 1 aromatic rings. The number of esters is 3. The normalized spacial score (nSPS) is 29.7. The van der Waals surface area contributed by atoms with E-state index >= 15 is 0 Å². The molecule has 0 radical (unpaired) electrons. The Morgan fingerprint density at radius 1 is 1.15 bits per heavy atom. The fraction of sp³-hybridized carbons (Fsp3) is 0.595. The average Bonchev–Trinajstić information content (AvgIpc) is 3.83. The summed E-state index contributed by atoms with van der Waals surface area (Å²) in [5.74, 6) is -2.96. The van der Waals surface area contributed by atoms with E-state index < -0.39 is 86.8 Å². The standard InChI is InChI=1S/C37H50N2O14/c1-8-29(52-35(43)25-16-26(38(46)47)18-27(17-25)39(48)49)23(4)34-30(51-34)20-36(6,44)14-9-10-21(2)33-22(3)11-12-31(50-24(5)40)37(7,45)15-13-28(41)19-32(42)53-33/h9-12,14,16-18,22-23,28-31,33-34,41,44-45H,8,13,15,19-20H2,1-7H3/b12-11-,14-9+,21-10+/t22-,23+,28+,29-,30+,31-,33+,34+,36-,37+/m0/s1. The van der Waals surface area contributed by atoms with Crippen molar-refractivity contribution in [2.75, 3.05) is 0 Å². The maximum atomic E-state index is 12.9. The monoisotopic (exact) mass is 746 g/mol. The van der Waals surface area contributed by atoms with Crippen molar-refractivity contribution in [1.82, 2.24) is 0 Å². The summed E-state index contributed by atoms with van der Waals surface area (Å²) in [6, 6.07) is 2.60. The summed E-state index contributed by atoms with van der Waals surface area (Å²) in [7, 11) is 0. The molecule has 0 unspecified atom stereocenters. The van der Waals surface area contributed by atoms with Gasteiger partial charge in [0, 0.05) is 37.3 Å². The molecule has 292 valence electrons. The molecular formula is C37H50N2O14. The molecule has 10 atom stereocenters. The highest BCUT2D eigenvalue weighted by molar-refractivity contribution is 5.91. The first-order valence-electron chi connectivity index (χ1n) is 17.5. The van der Waals surface area contributed by atoms with Crippen molar-refractivity contribution < 1.29 is 58.5 Å². The molecule has 3 N–H and O–H groups in total. The van der Waals surface area contributed by atoms with Crippen LogP contribution in [0.5, 0.6) is 0 Å². The number of hydrogen-bond donors (Lipinski definition) is 3. The summed E-state index contributed by atoms with van der Waals surface area (Å²) in [6.45, 7) is 11.4. The Balaban J connectivity index is 1.69. The number of nitrogens with zero attached hydrogens (tertiary/aromatic N) is 2. The molecule has 0 aromatic heterocycles. The first-order valence-corrected chi connectivity index (χ1v) is 17.5. The first kappa shape index (κ1) is 42.9. The van der Waals surface area contributed by atoms with Gasteiger partial charge in [0.2, 0.25) is 0 Å². The van der Waals surface area contributed by atoms with E-state index in [-0.39, 0.29) is 43.3 Å². The molecule has 0 amide bonds. The Morgan fingerprint density at radius 2 is 1.77 bits per heavy atom. The number of cyclic esters (lactones) is 1. The van der Waals surface area contributed by atoms with Gasteiger partial charge in [0.05, 0.1) is 51.8 Å². The number of non-ortho nitro benzene ring substituents is 2. The van der Waals surface area contributed by atoms with Gasteiger partial charge < -0.3 is 34.3 Å². The highest BCUT2D eigenvalue weighted by Gasteiger charge is 2.48. The highest BCUT2D eigenvalue weighted by atomic mass is 16.6. The van der Waals surface area contributed by atoms with Crippen molar-refractivity contribution in [3.8, 4) is 0 Å². The zero-order chi connectivity index (χ0) is 39.8. The summed E-state index contributed by atoms with van der Waals surface area (Å²) in [5, 5.41) is 55.1. The summed E-state index contributed by atoms with van der Waals surface area (Å²) in [4.78, 5) is 58.2. The average molecular weight is 747 g/mol. The number of rotatable bonds is 13. The largest absolute Gasteiger partial charge is 0.458 e. The zero-order valence-corrected chi connectivity index (χ0v) is 31.0. The van der Waals surface area contributed by atoms with Crippen LogP contribution in [-0.4, -0.2) is 90.9 Å². The third kappa shape index (κ3) is 12.6. The number of carbonyl (C=O) groups is 3. The Bertz CT molecular complexity index is 1580. The molecule has 1 saturated heterocycles. The van der Waals surface area contributed by atoms with Gasteiger partial charge in [-0.1, -0.05) is 45.1 Å². The van der Waals surface area contributed by atoms with E-state index in [9.17, 15) is 49.9 Å². The molecule has 16 nitrogen and oxygen atoms in total. The van der Waals surface area contributed by atoms with E-state index in [1.54, 1.807) is 65.0 Å². The molecule has 16 heteroatoms. The SMILES string of the molecule is CC[C@H](OC(=O)c1cc([N+](=O)[O-])cc([N+](=O)[O-])c1)[C@@H](C)[C@H]1O[C@@H]1C[C@@](C)(O)/C=C/C=C(\C)[C@H]1OC(=O)C[C@H](O)CC[C@@](C)(O)[C@@H](OC(C)=O)/C=C\[C@@H]1C. The number of aliphatic hydroxyl groups excluding tert-OH is 1. The molecule has 1 fully saturated rings. The quantitative estimate of drug-likeness (QED) is 0.0467. The van der Waals surface area contributed by atoms with Crippen molar-refractivity contribution in [3.63, 3.8) is 0 Å². The summed E-state index contributed by atoms with van der Waals surface area (Å²) < 4.78 is 22.6. The van der Waals surface area contributed by atoms with Gasteiger partial charge in [-0.3, -0.25) is 29.8 Å². The minimum atomic E-state index is -1.50. The van der Waals surface area contributed by atoms with Crippen LogP contribution in [0.15, 0.2) is 54.2 Å². The van der Waals surface area contributed by atoms with E-state index in [1.165, 1.54) is 13.8 Å². The molecule has 1 aromatic carbocycles. The number of benzene rings is 1. The number of hydrogen-bond acceptors (Lipinski definition) is 14. The van der Waals surface area contributed by atoms with Crippen molar-refractivity contribution >= 4 is 29.3 Å². The third-order valence-electron chi connectivity index (χ3n) is 9.44. The third-order valence-corrected chi connectivity index (χ3v) is 9.44. The van der Waals surface area contributed by atoms with E-state index in [1.807, 2.05) is 0 Å². The Labute approximate surface area is 307 Å². The number of nitro groups is 2. The minimum Gasteiger partial charge on any atom is -0.458 e. The lowest BCUT2D eigenvalue weighted by Crippen LogP contribution is -2.42. The van der Waals surface area contributed by atoms with Crippen LogP contribution in [0, 0.1) is 32.1 Å². The van der Waals surface area contributed by atoms with E-state index in [4.69, 9.17) is 18.9 Å². The summed E-state index contributed by atoms with van der Waals surface area (Å²) >= 11 is 0. The maximum absolute atomic E-state index is 12.9. The summed E-state index contributed by atoms with van der Waals surface area (Å²) in [6.07, 6.45) is 4.12. The molecule has 0 aliphatic carbocycles. The van der Waals surface area contributed by atoms with E-state index in [0.717, 1.165) is 18.2 Å². The first-order chi connectivity index (χ1) is 24.6. The van der Waals surface area contributed by atoms with Crippen LogP contribution in [0.4, 0.5) is 11.4 Å². The smallest absolute Gasteiger partial charge is 0.338 e. The molecule has 53 heavy (non-hydrogen) atoms. The molecule has 2 aliphatic rings. The minimum absolute atomic E-state index is 0.0701. The van der Waals surface area contributed by atoms with Crippen molar-refractivity contribution in [3.05, 3.63) is 79.9 Å². The van der Waals surface area contributed by atoms with Crippen molar-refractivity contribution in [1.29, 1.82) is 0 Å². The molecule has 0 saturated carbocycles. The van der Waals surface area contributed by atoms with Gasteiger partial charge in [-0.2, -0.15) is 0 Å². The van der Waals surface area contributed by atoms with E-state index in [2.05, 4.69) is 0 Å². The fourth-order valence-corrected chi connectivity index (χ4v) is 6.29. The lowest BCUT2D eigenvalue weighted by Gasteiger charge is -2.32. The van der Waals surface area contributed by atoms with Crippen LogP contribution in [0.25, 0.3) is 0 Å². The summed E-state index contributed by atoms with van der Waals surface area (Å²) in [5.41, 5.74) is -3.79. The number of ether oxygens (including phenoxy) is 4. The molecule has 2 heterocycles. The topological polar surface area (TPSA) is 238 Å². The van der Waals surface area contributed by atoms with Crippen LogP contribution in [-0.2, 0) is 28.5 Å². The molecule has 3 rings (SSSR count). The van der Waals surface area contributed by atoms with Gasteiger partial charge in [-0.05, 0) is 51.7 Å². The number of allylic oxidation sites excluding steroid dienone is 2. The van der Waals surface area contributed by atoms with Crippen LogP contribution >= 0.6 is 0 Å². The predicted molar refractivity (Wildman–Crippen MR) is 189 cm³/mol.